The summed E-state index contributed by atoms with van der Waals surface area (Å²) in [5, 5.41) is 12.0. The molecule has 0 atom stereocenters. The van der Waals surface area contributed by atoms with Crippen LogP contribution >= 0.6 is 38.6 Å². The largest absolute Gasteiger partial charge is 0.391 e. The van der Waals surface area contributed by atoms with Gasteiger partial charge in [-0.25, -0.2) is 4.98 Å². The second kappa shape index (κ2) is 5.27. The third-order valence-electron chi connectivity index (χ3n) is 2.04. The molecule has 0 saturated carbocycles. The van der Waals surface area contributed by atoms with Gasteiger partial charge >= 0.3 is 0 Å². The second-order valence-electron chi connectivity index (χ2n) is 3.35. The van der Waals surface area contributed by atoms with Gasteiger partial charge in [-0.05, 0) is 22.0 Å². The number of rotatable bonds is 4. The molecule has 0 amide bonds. The minimum absolute atomic E-state index is 0.0655. The highest BCUT2D eigenvalue weighted by Gasteiger charge is 2.08. The van der Waals surface area contributed by atoms with Crippen LogP contribution in [0.5, 0.6) is 0 Å². The lowest BCUT2D eigenvalue weighted by Crippen LogP contribution is -2.14. The van der Waals surface area contributed by atoms with Crippen LogP contribution < -0.4 is 4.90 Å². The molecule has 0 fully saturated rings. The van der Waals surface area contributed by atoms with Crippen LogP contribution in [0.2, 0.25) is 0 Å². The van der Waals surface area contributed by atoms with E-state index in [0.717, 1.165) is 21.0 Å². The Morgan fingerprint density at radius 2 is 2.31 bits per heavy atom. The van der Waals surface area contributed by atoms with E-state index in [1.54, 1.807) is 17.5 Å². The molecule has 0 aliphatic carbocycles. The quantitative estimate of drug-likeness (QED) is 0.941. The molecule has 86 valence electrons. The molecule has 2 aromatic rings. The van der Waals surface area contributed by atoms with Crippen molar-refractivity contribution in [1.29, 1.82) is 0 Å². The third kappa shape index (κ3) is 2.82. The lowest BCUT2D eigenvalue weighted by Gasteiger charge is -2.13. The first-order chi connectivity index (χ1) is 7.69. The van der Waals surface area contributed by atoms with Gasteiger partial charge in [0.15, 0.2) is 5.13 Å². The van der Waals surface area contributed by atoms with Gasteiger partial charge in [0, 0.05) is 28.0 Å². The zero-order chi connectivity index (χ0) is 11.5. The number of aliphatic hydroxyl groups excluding tert-OH is 1. The Balaban J connectivity index is 2.05. The summed E-state index contributed by atoms with van der Waals surface area (Å²) in [4.78, 5) is 8.54. The third-order valence-corrected chi connectivity index (χ3v) is 4.82. The smallest absolute Gasteiger partial charge is 0.185 e. The van der Waals surface area contributed by atoms with Crippen molar-refractivity contribution in [3.8, 4) is 0 Å². The number of thiazole rings is 1. The fraction of sp³-hybridized carbons (Fsp3) is 0.300. The minimum Gasteiger partial charge on any atom is -0.391 e. The van der Waals surface area contributed by atoms with Gasteiger partial charge in [-0.2, -0.15) is 0 Å². The van der Waals surface area contributed by atoms with Crippen molar-refractivity contribution >= 4 is 43.7 Å². The molecule has 6 heteroatoms. The van der Waals surface area contributed by atoms with E-state index in [9.17, 15) is 0 Å². The highest BCUT2D eigenvalue weighted by molar-refractivity contribution is 9.10. The Morgan fingerprint density at radius 1 is 1.50 bits per heavy atom. The van der Waals surface area contributed by atoms with Gasteiger partial charge in [0.1, 0.15) is 0 Å². The molecular formula is C10H11BrN2OS2. The maximum absolute atomic E-state index is 8.97. The van der Waals surface area contributed by atoms with Crippen molar-refractivity contribution in [2.75, 3.05) is 11.9 Å². The fourth-order valence-electron chi connectivity index (χ4n) is 1.28. The first-order valence-corrected chi connectivity index (χ1v) is 7.17. The average Bonchev–Trinajstić information content (AvgIpc) is 2.87. The van der Waals surface area contributed by atoms with Crippen LogP contribution in [0, 0.1) is 0 Å². The Labute approximate surface area is 111 Å². The van der Waals surface area contributed by atoms with Crippen LogP contribution in [0.15, 0.2) is 22.1 Å². The first-order valence-electron chi connectivity index (χ1n) is 4.68. The molecule has 0 saturated heterocycles. The summed E-state index contributed by atoms with van der Waals surface area (Å²) < 4.78 is 1.12. The van der Waals surface area contributed by atoms with E-state index in [1.807, 2.05) is 7.05 Å². The van der Waals surface area contributed by atoms with E-state index in [1.165, 1.54) is 16.2 Å². The van der Waals surface area contributed by atoms with E-state index >= 15 is 0 Å². The molecule has 2 aromatic heterocycles. The molecule has 2 rings (SSSR count). The van der Waals surface area contributed by atoms with Crippen LogP contribution in [0.4, 0.5) is 5.13 Å². The highest BCUT2D eigenvalue weighted by atomic mass is 79.9. The number of hydrogen-bond acceptors (Lipinski definition) is 5. The number of aliphatic hydroxyl groups is 1. The Hall–Kier alpha value is -0.430. The second-order valence-corrected chi connectivity index (χ2v) is 6.36. The van der Waals surface area contributed by atoms with Gasteiger partial charge in [0.25, 0.3) is 0 Å². The van der Waals surface area contributed by atoms with Gasteiger partial charge in [-0.15, -0.1) is 11.3 Å². The van der Waals surface area contributed by atoms with Gasteiger partial charge in [-0.1, -0.05) is 11.3 Å². The minimum atomic E-state index is 0.0655. The van der Waals surface area contributed by atoms with Gasteiger partial charge < -0.3 is 10.0 Å². The van der Waals surface area contributed by atoms with Gasteiger partial charge in [0.2, 0.25) is 0 Å². The molecule has 16 heavy (non-hydrogen) atoms. The van der Waals surface area contributed by atoms with E-state index in [-0.39, 0.29) is 6.61 Å². The molecule has 0 bridgehead atoms. The molecule has 2 heterocycles. The molecule has 0 aromatic carbocycles. The lowest BCUT2D eigenvalue weighted by molar-refractivity contribution is 0.285. The van der Waals surface area contributed by atoms with Crippen molar-refractivity contribution in [2.45, 2.75) is 13.2 Å². The molecular weight excluding hydrogens is 308 g/mol. The monoisotopic (exact) mass is 318 g/mol. The molecule has 0 aliphatic rings. The Kier molecular flexibility index (Phi) is 3.96. The first kappa shape index (κ1) is 12.0. The van der Waals surface area contributed by atoms with E-state index in [4.69, 9.17) is 5.11 Å². The predicted octanol–water partition coefficient (Wildman–Crippen LogP) is 3.10. The molecule has 0 unspecified atom stereocenters. The molecule has 3 nitrogen and oxygen atoms in total. The normalized spacial score (nSPS) is 10.7. The van der Waals surface area contributed by atoms with Crippen LogP contribution in [-0.4, -0.2) is 17.1 Å². The molecule has 0 radical (unpaired) electrons. The van der Waals surface area contributed by atoms with Crippen LogP contribution in [-0.2, 0) is 13.2 Å². The number of halogens is 1. The number of nitrogens with zero attached hydrogens (tertiary/aromatic N) is 2. The van der Waals surface area contributed by atoms with Crippen molar-refractivity contribution in [3.05, 3.63) is 31.9 Å². The SMILES string of the molecule is CN(Cc1cc(Br)cs1)c1ncc(CO)s1. The molecule has 0 spiro atoms. The van der Waals surface area contributed by atoms with Crippen LogP contribution in [0.3, 0.4) is 0 Å². The maximum atomic E-state index is 8.97. The lowest BCUT2D eigenvalue weighted by atomic mass is 10.4. The predicted molar refractivity (Wildman–Crippen MR) is 72.2 cm³/mol. The standard InChI is InChI=1S/C10H11BrN2OS2/c1-13(4-8-2-7(11)6-15-8)10-12-3-9(5-14)16-10/h2-3,6,14H,4-5H2,1H3. The fourth-order valence-corrected chi connectivity index (χ4v) is 3.52. The van der Waals surface area contributed by atoms with Crippen molar-refractivity contribution in [2.24, 2.45) is 0 Å². The summed E-state index contributed by atoms with van der Waals surface area (Å²) >= 11 is 6.69. The Bertz CT molecular complexity index is 469. The van der Waals surface area contributed by atoms with Crippen molar-refractivity contribution in [3.63, 3.8) is 0 Å². The molecule has 0 aliphatic heterocycles. The average molecular weight is 319 g/mol. The molecule has 1 N–H and O–H groups in total. The van der Waals surface area contributed by atoms with E-state index in [2.05, 4.69) is 37.3 Å². The number of thiophene rings is 1. The maximum Gasteiger partial charge on any atom is 0.185 e. The topological polar surface area (TPSA) is 36.4 Å². The van der Waals surface area contributed by atoms with Crippen LogP contribution in [0.25, 0.3) is 0 Å². The summed E-state index contributed by atoms with van der Waals surface area (Å²) in [5.41, 5.74) is 0. The van der Waals surface area contributed by atoms with E-state index in [0.29, 0.717) is 0 Å². The summed E-state index contributed by atoms with van der Waals surface area (Å²) in [6, 6.07) is 2.11. The summed E-state index contributed by atoms with van der Waals surface area (Å²) in [5.74, 6) is 0. The van der Waals surface area contributed by atoms with Gasteiger partial charge in [-0.3, -0.25) is 0 Å². The zero-order valence-corrected chi connectivity index (χ0v) is 11.9. The summed E-state index contributed by atoms with van der Waals surface area (Å²) in [7, 11) is 2.01. The Morgan fingerprint density at radius 3 is 2.88 bits per heavy atom. The van der Waals surface area contributed by atoms with Crippen molar-refractivity contribution in [1.82, 2.24) is 4.98 Å². The number of hydrogen-bond donors (Lipinski definition) is 1. The zero-order valence-electron chi connectivity index (χ0n) is 8.68. The van der Waals surface area contributed by atoms with Crippen LogP contribution in [0.1, 0.15) is 9.75 Å². The number of aromatic nitrogens is 1. The number of anilines is 1. The van der Waals surface area contributed by atoms with E-state index < -0.39 is 0 Å². The van der Waals surface area contributed by atoms with Gasteiger partial charge in [0.05, 0.1) is 18.0 Å². The summed E-state index contributed by atoms with van der Waals surface area (Å²) in [6.07, 6.45) is 1.72. The summed E-state index contributed by atoms with van der Waals surface area (Å²) in [6.45, 7) is 0.907. The van der Waals surface area contributed by atoms with Crippen molar-refractivity contribution < 1.29 is 5.11 Å². The highest BCUT2D eigenvalue weighted by Crippen LogP contribution is 2.26.